The maximum absolute atomic E-state index is 9.70. The van der Waals surface area contributed by atoms with Crippen molar-refractivity contribution in [1.82, 2.24) is 0 Å². The fourth-order valence-corrected chi connectivity index (χ4v) is 0.0552. The lowest BCUT2D eigenvalue weighted by atomic mass is 10.4. The van der Waals surface area contributed by atoms with Gasteiger partial charge in [-0.25, -0.2) is 24.0 Å². The summed E-state index contributed by atoms with van der Waals surface area (Å²) in [5.74, 6) is -4.84. The van der Waals surface area contributed by atoms with E-state index in [9.17, 15) is 24.0 Å². The highest BCUT2D eigenvalue weighted by Crippen LogP contribution is 1.86. The average Bonchev–Trinajstić information content (AvgIpc) is 2.62. The summed E-state index contributed by atoms with van der Waals surface area (Å²) in [5, 5.41) is 47.5. The summed E-state index contributed by atoms with van der Waals surface area (Å²) in [7, 11) is 0. The number of carboxylic acid groups (broad SMARTS) is 5. The predicted octanol–water partition coefficient (Wildman–Crippen LogP) is 3.12. The minimum absolute atomic E-state index is 0.0556. The molecule has 0 fully saturated rings. The van der Waals surface area contributed by atoms with E-state index in [1.807, 2.05) is 0 Å². The zero-order valence-electron chi connectivity index (χ0n) is 18.1. The van der Waals surface area contributed by atoms with E-state index in [2.05, 4.69) is 26.3 Å². The average molecular weight is 446 g/mol. The second-order valence-electron chi connectivity index (χ2n) is 5.46. The molecule has 0 atom stereocenters. The van der Waals surface area contributed by atoms with E-state index < -0.39 is 29.8 Å². The Morgan fingerprint density at radius 2 is 0.613 bits per heavy atom. The molecule has 0 aliphatic rings. The standard InChI is InChI=1S/C4H6O3.4C4H6O2/c1-3(2-5)4(6)7;4*1-3(2)4(5)6/h2,5H,1H3,(H,6,7);4*1H2,2H3,(H,5,6). The van der Waals surface area contributed by atoms with E-state index in [4.69, 9.17) is 30.6 Å². The molecule has 0 heterocycles. The Kier molecular flexibility index (Phi) is 26.8. The topological polar surface area (TPSA) is 207 Å². The number of carboxylic acids is 5. The molecule has 0 amide bonds. The van der Waals surface area contributed by atoms with Crippen molar-refractivity contribution < 1.29 is 54.6 Å². The molecule has 0 saturated heterocycles. The number of hydrogen-bond acceptors (Lipinski definition) is 6. The highest BCUT2D eigenvalue weighted by atomic mass is 16.4. The smallest absolute Gasteiger partial charge is 0.334 e. The summed E-state index contributed by atoms with van der Waals surface area (Å²) in [5.41, 5.74) is 0.648. The number of rotatable bonds is 5. The first kappa shape index (κ1) is 37.6. The first-order valence-electron chi connectivity index (χ1n) is 7.85. The van der Waals surface area contributed by atoms with E-state index in [0.717, 1.165) is 0 Å². The van der Waals surface area contributed by atoms with Crippen LogP contribution >= 0.6 is 0 Å². The Morgan fingerprint density at radius 3 is 0.613 bits per heavy atom. The molecule has 0 spiro atoms. The molecular weight excluding hydrogens is 416 g/mol. The van der Waals surface area contributed by atoms with Crippen LogP contribution in [0, 0.1) is 0 Å². The summed E-state index contributed by atoms with van der Waals surface area (Å²) in [6, 6.07) is 0. The molecule has 11 heteroatoms. The summed E-state index contributed by atoms with van der Waals surface area (Å²) < 4.78 is 0. The molecule has 31 heavy (non-hydrogen) atoms. The predicted molar refractivity (Wildman–Crippen MR) is 114 cm³/mol. The summed E-state index contributed by atoms with van der Waals surface area (Å²) in [4.78, 5) is 48.1. The van der Waals surface area contributed by atoms with Gasteiger partial charge in [-0.05, 0) is 34.6 Å². The molecule has 0 rings (SSSR count). The minimum Gasteiger partial charge on any atom is -0.515 e. The second kappa shape index (κ2) is 22.1. The first-order chi connectivity index (χ1) is 13.8. The van der Waals surface area contributed by atoms with Gasteiger partial charge in [0.15, 0.2) is 0 Å². The number of aliphatic hydroxyl groups is 1. The fraction of sp³-hybridized carbons (Fsp3) is 0.250. The van der Waals surface area contributed by atoms with E-state index in [0.29, 0.717) is 6.26 Å². The number of carbonyl (C=O) groups is 5. The lowest BCUT2D eigenvalue weighted by Gasteiger charge is -1.83. The van der Waals surface area contributed by atoms with Gasteiger partial charge in [-0.3, -0.25) is 0 Å². The normalized spacial score (nSPS) is 8.35. The maximum Gasteiger partial charge on any atom is 0.334 e. The maximum atomic E-state index is 9.70. The number of hydrogen-bond donors (Lipinski definition) is 6. The molecule has 0 aromatic carbocycles. The highest BCUT2D eigenvalue weighted by molar-refractivity contribution is 5.86. The Labute approximate surface area is 180 Å². The molecule has 0 aromatic heterocycles. The SMILES string of the molecule is C=C(C)C(=O)O.C=C(C)C(=O)O.C=C(C)C(=O)O.C=C(C)C(=O)O.CC(=CO)C(=O)O. The molecule has 176 valence electrons. The third kappa shape index (κ3) is 46.1. The van der Waals surface area contributed by atoms with Gasteiger partial charge in [-0.15, -0.1) is 0 Å². The van der Waals surface area contributed by atoms with Crippen LogP contribution in [0.4, 0.5) is 0 Å². The van der Waals surface area contributed by atoms with Crippen molar-refractivity contribution in [1.29, 1.82) is 0 Å². The molecule has 6 N–H and O–H groups in total. The van der Waals surface area contributed by atoms with Gasteiger partial charge >= 0.3 is 29.8 Å². The Hall–Kier alpha value is -4.15. The summed E-state index contributed by atoms with van der Waals surface area (Å²) >= 11 is 0. The lowest BCUT2D eigenvalue weighted by molar-refractivity contribution is -0.133. The van der Waals surface area contributed by atoms with Crippen LogP contribution in [0.15, 0.2) is 60.4 Å². The molecule has 0 saturated carbocycles. The van der Waals surface area contributed by atoms with Gasteiger partial charge in [-0.2, -0.15) is 0 Å². The number of aliphatic carboxylic acids is 5. The van der Waals surface area contributed by atoms with Gasteiger partial charge < -0.3 is 30.6 Å². The largest absolute Gasteiger partial charge is 0.515 e. The highest BCUT2D eigenvalue weighted by Gasteiger charge is 1.95. The van der Waals surface area contributed by atoms with Crippen LogP contribution in [0.25, 0.3) is 0 Å². The van der Waals surface area contributed by atoms with Crippen molar-refractivity contribution in [3.8, 4) is 0 Å². The molecule has 0 aromatic rings. The van der Waals surface area contributed by atoms with Crippen LogP contribution in [0.1, 0.15) is 34.6 Å². The van der Waals surface area contributed by atoms with Crippen LogP contribution < -0.4 is 0 Å². The molecule has 0 radical (unpaired) electrons. The van der Waals surface area contributed by atoms with Crippen LogP contribution in [-0.2, 0) is 24.0 Å². The molecule has 0 bridgehead atoms. The van der Waals surface area contributed by atoms with Crippen molar-refractivity contribution >= 4 is 29.8 Å². The van der Waals surface area contributed by atoms with Crippen molar-refractivity contribution in [2.45, 2.75) is 34.6 Å². The van der Waals surface area contributed by atoms with E-state index in [-0.39, 0.29) is 27.9 Å². The van der Waals surface area contributed by atoms with Gasteiger partial charge in [0, 0.05) is 22.3 Å². The second-order valence-corrected chi connectivity index (χ2v) is 5.46. The Morgan fingerprint density at radius 1 is 0.484 bits per heavy atom. The lowest BCUT2D eigenvalue weighted by Crippen LogP contribution is -1.94. The van der Waals surface area contributed by atoms with Crippen molar-refractivity contribution in [3.05, 3.63) is 60.4 Å². The van der Waals surface area contributed by atoms with Gasteiger partial charge in [0.05, 0.1) is 11.8 Å². The molecular formula is C20H30O11. The zero-order valence-corrected chi connectivity index (χ0v) is 18.1. The van der Waals surface area contributed by atoms with E-state index >= 15 is 0 Å². The fourth-order valence-electron chi connectivity index (χ4n) is 0.0552. The van der Waals surface area contributed by atoms with Crippen molar-refractivity contribution in [2.75, 3.05) is 0 Å². The van der Waals surface area contributed by atoms with Crippen LogP contribution in [0.5, 0.6) is 0 Å². The van der Waals surface area contributed by atoms with Gasteiger partial charge in [0.25, 0.3) is 0 Å². The quantitative estimate of drug-likeness (QED) is 0.267. The van der Waals surface area contributed by atoms with Crippen LogP contribution in [0.3, 0.4) is 0 Å². The minimum atomic E-state index is -1.09. The third-order valence-corrected chi connectivity index (χ3v) is 1.99. The van der Waals surface area contributed by atoms with Gasteiger partial charge in [-0.1, -0.05) is 26.3 Å². The zero-order chi connectivity index (χ0) is 26.5. The van der Waals surface area contributed by atoms with Crippen LogP contribution in [-0.4, -0.2) is 60.5 Å². The van der Waals surface area contributed by atoms with Crippen molar-refractivity contribution in [2.24, 2.45) is 0 Å². The third-order valence-electron chi connectivity index (χ3n) is 1.99. The number of aliphatic hydroxyl groups excluding tert-OH is 1. The van der Waals surface area contributed by atoms with Crippen LogP contribution in [0.2, 0.25) is 0 Å². The molecule has 11 nitrogen and oxygen atoms in total. The summed E-state index contributed by atoms with van der Waals surface area (Å²) in [6.07, 6.45) is 0.558. The first-order valence-corrected chi connectivity index (χ1v) is 7.85. The molecule has 0 aliphatic carbocycles. The Balaban J connectivity index is -0.0000000910. The van der Waals surface area contributed by atoms with E-state index in [1.54, 1.807) is 0 Å². The molecule has 0 unspecified atom stereocenters. The molecule has 0 aliphatic heterocycles. The van der Waals surface area contributed by atoms with Gasteiger partial charge in [0.1, 0.15) is 0 Å². The summed E-state index contributed by atoms with van der Waals surface area (Å²) in [6.45, 7) is 19.7. The van der Waals surface area contributed by atoms with Gasteiger partial charge in [0.2, 0.25) is 0 Å². The Bertz CT molecular complexity index is 581. The monoisotopic (exact) mass is 446 g/mol. The van der Waals surface area contributed by atoms with E-state index in [1.165, 1.54) is 34.6 Å². The van der Waals surface area contributed by atoms with Crippen molar-refractivity contribution in [3.63, 3.8) is 0 Å².